The second-order valence-corrected chi connectivity index (χ2v) is 7.42. The first kappa shape index (κ1) is 16.3. The summed E-state index contributed by atoms with van der Waals surface area (Å²) in [5.41, 5.74) is 8.57. The fraction of sp³-hybridized carbons (Fsp3) is 0.588. The number of aryl methyl sites for hydroxylation is 1. The van der Waals surface area contributed by atoms with Gasteiger partial charge in [-0.1, -0.05) is 45.4 Å². The number of aromatic nitrogens is 2. The quantitative estimate of drug-likeness (QED) is 0.889. The van der Waals surface area contributed by atoms with Crippen molar-refractivity contribution in [2.75, 3.05) is 0 Å². The third kappa shape index (κ3) is 3.98. The van der Waals surface area contributed by atoms with Gasteiger partial charge >= 0.3 is 0 Å². The van der Waals surface area contributed by atoms with Crippen LogP contribution >= 0.6 is 11.6 Å². The van der Waals surface area contributed by atoms with Crippen LogP contribution in [0.2, 0.25) is 5.02 Å². The number of nitrogens with two attached hydrogens (primary N) is 1. The summed E-state index contributed by atoms with van der Waals surface area (Å²) in [6.07, 6.45) is 2.83. The Bertz CT molecular complexity index is 610. The Hall–Kier alpha value is -1.06. The van der Waals surface area contributed by atoms with Gasteiger partial charge in [-0.3, -0.25) is 0 Å². The molecule has 0 saturated carbocycles. The van der Waals surface area contributed by atoms with Crippen molar-refractivity contribution in [1.82, 2.24) is 9.55 Å². The molecule has 1 heterocycles. The molecule has 0 saturated heterocycles. The van der Waals surface area contributed by atoms with Gasteiger partial charge in [-0.25, -0.2) is 4.98 Å². The van der Waals surface area contributed by atoms with Crippen molar-refractivity contribution in [3.63, 3.8) is 0 Å². The standard InChI is InChI=1S/C17H26ClN3/c1-5-9-21-15(10-12(19)11-17(2,3)4)20-14-8-6-7-13(18)16(14)21/h6-8,12H,5,9-11,19H2,1-4H3. The van der Waals surface area contributed by atoms with E-state index in [2.05, 4.69) is 32.3 Å². The lowest BCUT2D eigenvalue weighted by molar-refractivity contribution is 0.335. The summed E-state index contributed by atoms with van der Waals surface area (Å²) in [6.45, 7) is 9.76. The van der Waals surface area contributed by atoms with E-state index in [4.69, 9.17) is 22.3 Å². The van der Waals surface area contributed by atoms with Gasteiger partial charge in [0.15, 0.2) is 0 Å². The molecule has 4 heteroatoms. The maximum atomic E-state index is 6.36. The number of hydrogen-bond acceptors (Lipinski definition) is 2. The smallest absolute Gasteiger partial charge is 0.111 e. The van der Waals surface area contributed by atoms with Crippen LogP contribution in [0.1, 0.15) is 46.4 Å². The van der Waals surface area contributed by atoms with Gasteiger partial charge < -0.3 is 10.3 Å². The molecule has 2 N–H and O–H groups in total. The third-order valence-electron chi connectivity index (χ3n) is 3.56. The largest absolute Gasteiger partial charge is 0.327 e. The Labute approximate surface area is 132 Å². The van der Waals surface area contributed by atoms with E-state index in [0.717, 1.165) is 47.7 Å². The molecule has 1 aromatic carbocycles. The molecule has 116 valence electrons. The van der Waals surface area contributed by atoms with E-state index >= 15 is 0 Å². The van der Waals surface area contributed by atoms with Crippen LogP contribution in [0, 0.1) is 5.41 Å². The molecule has 0 aliphatic heterocycles. The van der Waals surface area contributed by atoms with Crippen molar-refractivity contribution in [1.29, 1.82) is 0 Å². The van der Waals surface area contributed by atoms with Crippen LogP contribution in [0.15, 0.2) is 18.2 Å². The zero-order chi connectivity index (χ0) is 15.6. The van der Waals surface area contributed by atoms with Gasteiger partial charge in [0.2, 0.25) is 0 Å². The summed E-state index contributed by atoms with van der Waals surface area (Å²) in [4.78, 5) is 4.76. The molecule has 0 radical (unpaired) electrons. The molecular weight excluding hydrogens is 282 g/mol. The first-order valence-corrected chi connectivity index (χ1v) is 8.09. The maximum absolute atomic E-state index is 6.36. The molecule has 0 spiro atoms. The van der Waals surface area contributed by atoms with Gasteiger partial charge in [0.05, 0.1) is 16.1 Å². The highest BCUT2D eigenvalue weighted by Crippen LogP contribution is 2.27. The number of benzene rings is 1. The Morgan fingerprint density at radius 1 is 1.33 bits per heavy atom. The SMILES string of the molecule is CCCn1c(CC(N)CC(C)(C)C)nc2cccc(Cl)c21. The Morgan fingerprint density at radius 3 is 2.67 bits per heavy atom. The summed E-state index contributed by atoms with van der Waals surface area (Å²) in [6, 6.07) is 6.02. The van der Waals surface area contributed by atoms with E-state index in [-0.39, 0.29) is 11.5 Å². The van der Waals surface area contributed by atoms with Crippen LogP contribution < -0.4 is 5.73 Å². The molecule has 1 atom stereocenters. The molecule has 0 aliphatic rings. The molecule has 1 aromatic heterocycles. The van der Waals surface area contributed by atoms with E-state index < -0.39 is 0 Å². The number of imidazole rings is 1. The number of hydrogen-bond donors (Lipinski definition) is 1. The molecular formula is C17H26ClN3. The second-order valence-electron chi connectivity index (χ2n) is 7.02. The van der Waals surface area contributed by atoms with E-state index in [1.165, 1.54) is 0 Å². The monoisotopic (exact) mass is 307 g/mol. The molecule has 0 aliphatic carbocycles. The predicted octanol–water partition coefficient (Wildman–Crippen LogP) is 4.41. The van der Waals surface area contributed by atoms with Gasteiger partial charge in [0.1, 0.15) is 5.82 Å². The molecule has 21 heavy (non-hydrogen) atoms. The number of fused-ring (bicyclic) bond motifs is 1. The summed E-state index contributed by atoms with van der Waals surface area (Å²) < 4.78 is 2.24. The number of halogens is 1. The summed E-state index contributed by atoms with van der Waals surface area (Å²) in [5, 5.41) is 0.768. The van der Waals surface area contributed by atoms with Gasteiger partial charge in [0, 0.05) is 19.0 Å². The molecule has 0 amide bonds. The minimum absolute atomic E-state index is 0.121. The lowest BCUT2D eigenvalue weighted by Gasteiger charge is -2.23. The third-order valence-corrected chi connectivity index (χ3v) is 3.87. The van der Waals surface area contributed by atoms with Gasteiger partial charge in [-0.15, -0.1) is 0 Å². The van der Waals surface area contributed by atoms with Gasteiger partial charge in [-0.2, -0.15) is 0 Å². The normalized spacial score (nSPS) is 13.8. The fourth-order valence-corrected chi connectivity index (χ4v) is 3.17. The molecule has 3 nitrogen and oxygen atoms in total. The zero-order valence-electron chi connectivity index (χ0n) is 13.5. The van der Waals surface area contributed by atoms with Gasteiger partial charge in [0.25, 0.3) is 0 Å². The van der Waals surface area contributed by atoms with Crippen LogP contribution in [-0.2, 0) is 13.0 Å². The van der Waals surface area contributed by atoms with E-state index in [0.29, 0.717) is 0 Å². The summed E-state index contributed by atoms with van der Waals surface area (Å²) >= 11 is 6.36. The van der Waals surface area contributed by atoms with E-state index in [9.17, 15) is 0 Å². The van der Waals surface area contributed by atoms with Crippen LogP contribution in [0.25, 0.3) is 11.0 Å². The zero-order valence-corrected chi connectivity index (χ0v) is 14.2. The minimum atomic E-state index is 0.121. The highest BCUT2D eigenvalue weighted by molar-refractivity contribution is 6.35. The van der Waals surface area contributed by atoms with Crippen molar-refractivity contribution < 1.29 is 0 Å². The van der Waals surface area contributed by atoms with Crippen LogP contribution in [0.5, 0.6) is 0 Å². The summed E-state index contributed by atoms with van der Waals surface area (Å²) in [7, 11) is 0. The molecule has 0 fully saturated rings. The lowest BCUT2D eigenvalue weighted by Crippen LogP contribution is -2.29. The minimum Gasteiger partial charge on any atom is -0.327 e. The number of nitrogens with zero attached hydrogens (tertiary/aromatic N) is 2. The first-order valence-electron chi connectivity index (χ1n) is 7.71. The molecule has 0 bridgehead atoms. The van der Waals surface area contributed by atoms with Crippen molar-refractivity contribution in [3.05, 3.63) is 29.0 Å². The second kappa shape index (κ2) is 6.37. The highest BCUT2D eigenvalue weighted by Gasteiger charge is 2.19. The predicted molar refractivity (Wildman–Crippen MR) is 90.8 cm³/mol. The lowest BCUT2D eigenvalue weighted by atomic mass is 9.87. The van der Waals surface area contributed by atoms with Crippen LogP contribution in [-0.4, -0.2) is 15.6 Å². The van der Waals surface area contributed by atoms with Crippen molar-refractivity contribution in [3.8, 4) is 0 Å². The number of para-hydroxylation sites is 1. The van der Waals surface area contributed by atoms with Crippen molar-refractivity contribution in [2.24, 2.45) is 11.1 Å². The molecule has 2 aromatic rings. The Morgan fingerprint density at radius 2 is 2.05 bits per heavy atom. The molecule has 1 unspecified atom stereocenters. The number of rotatable bonds is 5. The summed E-state index contributed by atoms with van der Waals surface area (Å²) in [5.74, 6) is 1.05. The Balaban J connectivity index is 2.35. The van der Waals surface area contributed by atoms with Crippen molar-refractivity contribution >= 4 is 22.6 Å². The molecule has 2 rings (SSSR count). The topological polar surface area (TPSA) is 43.8 Å². The average molecular weight is 308 g/mol. The maximum Gasteiger partial charge on any atom is 0.111 e. The Kier molecular flexibility index (Phi) is 4.95. The van der Waals surface area contributed by atoms with E-state index in [1.54, 1.807) is 0 Å². The van der Waals surface area contributed by atoms with E-state index in [1.807, 2.05) is 18.2 Å². The highest BCUT2D eigenvalue weighted by atomic mass is 35.5. The first-order chi connectivity index (χ1) is 9.81. The van der Waals surface area contributed by atoms with Crippen LogP contribution in [0.3, 0.4) is 0 Å². The fourth-order valence-electron chi connectivity index (χ4n) is 2.90. The average Bonchev–Trinajstić information content (AvgIpc) is 2.66. The van der Waals surface area contributed by atoms with Crippen molar-refractivity contribution in [2.45, 2.75) is 59.5 Å². The van der Waals surface area contributed by atoms with Gasteiger partial charge in [-0.05, 0) is 30.4 Å². The van der Waals surface area contributed by atoms with Crippen LogP contribution in [0.4, 0.5) is 0 Å².